The molecule has 2 aromatic heterocycles. The molecule has 0 saturated heterocycles. The molecule has 0 bridgehead atoms. The summed E-state index contributed by atoms with van der Waals surface area (Å²) in [7, 11) is 2.54. The molecular formula is C6H6N3P. The first kappa shape index (κ1) is 5.81. The van der Waals surface area contributed by atoms with Gasteiger partial charge in [0, 0.05) is 11.6 Å². The van der Waals surface area contributed by atoms with Crippen molar-refractivity contribution in [3.05, 3.63) is 18.5 Å². The van der Waals surface area contributed by atoms with Crippen LogP contribution in [0.25, 0.3) is 10.9 Å². The van der Waals surface area contributed by atoms with Crippen molar-refractivity contribution in [2.45, 2.75) is 0 Å². The molecule has 0 amide bonds. The second-order valence-corrected chi connectivity index (χ2v) is 2.66. The smallest absolute Gasteiger partial charge is 0.0687 e. The zero-order chi connectivity index (χ0) is 6.97. The second-order valence-electron chi connectivity index (χ2n) is 2.07. The summed E-state index contributed by atoms with van der Waals surface area (Å²) < 4.78 is 0. The fourth-order valence-corrected chi connectivity index (χ4v) is 1.09. The molecular weight excluding hydrogens is 145 g/mol. The van der Waals surface area contributed by atoms with Crippen LogP contribution in [0.5, 0.6) is 0 Å². The SMILES string of the molecule is Pc1cc2[nH]ncc2cn1. The first-order valence-corrected chi connectivity index (χ1v) is 3.48. The van der Waals surface area contributed by atoms with Crippen molar-refractivity contribution in [1.29, 1.82) is 0 Å². The van der Waals surface area contributed by atoms with E-state index in [1.54, 1.807) is 12.4 Å². The van der Waals surface area contributed by atoms with Crippen LogP contribution >= 0.6 is 9.24 Å². The molecule has 50 valence electrons. The fraction of sp³-hybridized carbons (Fsp3) is 0. The standard InChI is InChI=1S/C6H6N3P/c10-6-1-5-4(2-7-6)3-8-9-5/h1-3H,10H2,(H,8,9). The van der Waals surface area contributed by atoms with Crippen molar-refractivity contribution < 1.29 is 0 Å². The Bertz CT molecular complexity index is 355. The van der Waals surface area contributed by atoms with Gasteiger partial charge >= 0.3 is 0 Å². The van der Waals surface area contributed by atoms with Gasteiger partial charge in [0.05, 0.1) is 17.1 Å². The highest BCUT2D eigenvalue weighted by atomic mass is 31.0. The number of hydrogen-bond acceptors (Lipinski definition) is 2. The second kappa shape index (κ2) is 2.03. The molecule has 0 aliphatic rings. The lowest BCUT2D eigenvalue weighted by Crippen LogP contribution is -1.94. The van der Waals surface area contributed by atoms with Crippen LogP contribution in [0.3, 0.4) is 0 Å². The van der Waals surface area contributed by atoms with Gasteiger partial charge in [-0.05, 0) is 6.07 Å². The van der Waals surface area contributed by atoms with Gasteiger partial charge < -0.3 is 0 Å². The van der Waals surface area contributed by atoms with Crippen molar-refractivity contribution in [3.8, 4) is 0 Å². The Labute approximate surface area is 60.1 Å². The number of rotatable bonds is 0. The van der Waals surface area contributed by atoms with Gasteiger partial charge in [-0.1, -0.05) is 9.24 Å². The largest absolute Gasteiger partial charge is 0.278 e. The molecule has 0 radical (unpaired) electrons. The molecule has 1 atom stereocenters. The Morgan fingerprint density at radius 2 is 2.30 bits per heavy atom. The van der Waals surface area contributed by atoms with E-state index in [1.165, 1.54) is 0 Å². The average Bonchev–Trinajstić information content (AvgIpc) is 2.33. The van der Waals surface area contributed by atoms with Gasteiger partial charge in [-0.2, -0.15) is 5.10 Å². The van der Waals surface area contributed by atoms with Gasteiger partial charge in [0.25, 0.3) is 0 Å². The zero-order valence-electron chi connectivity index (χ0n) is 5.20. The predicted molar refractivity (Wildman–Crippen MR) is 43.2 cm³/mol. The highest BCUT2D eigenvalue weighted by molar-refractivity contribution is 7.26. The number of pyridine rings is 1. The van der Waals surface area contributed by atoms with Crippen LogP contribution in [-0.2, 0) is 0 Å². The molecule has 0 aliphatic heterocycles. The van der Waals surface area contributed by atoms with E-state index in [2.05, 4.69) is 24.4 Å². The highest BCUT2D eigenvalue weighted by Gasteiger charge is 1.93. The highest BCUT2D eigenvalue weighted by Crippen LogP contribution is 2.05. The van der Waals surface area contributed by atoms with Crippen molar-refractivity contribution in [1.82, 2.24) is 15.2 Å². The zero-order valence-corrected chi connectivity index (χ0v) is 6.36. The summed E-state index contributed by atoms with van der Waals surface area (Å²) in [6.07, 6.45) is 3.55. The monoisotopic (exact) mass is 151 g/mol. The Morgan fingerprint density at radius 1 is 1.40 bits per heavy atom. The summed E-state index contributed by atoms with van der Waals surface area (Å²) in [4.78, 5) is 4.08. The molecule has 0 saturated carbocycles. The molecule has 1 unspecified atom stereocenters. The van der Waals surface area contributed by atoms with Crippen molar-refractivity contribution in [3.63, 3.8) is 0 Å². The molecule has 2 rings (SSSR count). The fourth-order valence-electron chi connectivity index (χ4n) is 0.853. The lowest BCUT2D eigenvalue weighted by molar-refractivity contribution is 1.12. The summed E-state index contributed by atoms with van der Waals surface area (Å²) in [6, 6.07) is 1.94. The van der Waals surface area contributed by atoms with E-state index in [-0.39, 0.29) is 0 Å². The number of fused-ring (bicyclic) bond motifs is 1. The van der Waals surface area contributed by atoms with Crippen LogP contribution in [0.4, 0.5) is 0 Å². The Morgan fingerprint density at radius 3 is 3.20 bits per heavy atom. The van der Waals surface area contributed by atoms with E-state index in [4.69, 9.17) is 0 Å². The minimum absolute atomic E-state index is 0.928. The summed E-state index contributed by atoms with van der Waals surface area (Å²) >= 11 is 0. The van der Waals surface area contributed by atoms with Gasteiger partial charge in [-0.25, -0.2) is 0 Å². The van der Waals surface area contributed by atoms with Crippen LogP contribution < -0.4 is 5.44 Å². The maximum Gasteiger partial charge on any atom is 0.0687 e. The first-order valence-electron chi connectivity index (χ1n) is 2.91. The normalized spacial score (nSPS) is 10.5. The van der Waals surface area contributed by atoms with Crippen LogP contribution in [0.2, 0.25) is 0 Å². The van der Waals surface area contributed by atoms with Gasteiger partial charge in [0.15, 0.2) is 0 Å². The number of nitrogens with one attached hydrogen (secondary N) is 1. The quantitative estimate of drug-likeness (QED) is 0.555. The number of aromatic amines is 1. The third-order valence-electron chi connectivity index (χ3n) is 1.34. The molecule has 0 aromatic carbocycles. The third kappa shape index (κ3) is 0.792. The number of H-pyrrole nitrogens is 1. The lowest BCUT2D eigenvalue weighted by atomic mass is 10.3. The summed E-state index contributed by atoms with van der Waals surface area (Å²) in [5, 5.41) is 7.77. The Hall–Kier alpha value is -0.950. The molecule has 4 heteroatoms. The molecule has 3 nitrogen and oxygen atoms in total. The summed E-state index contributed by atoms with van der Waals surface area (Å²) in [5.41, 5.74) is 1.96. The van der Waals surface area contributed by atoms with Gasteiger partial charge in [-0.15, -0.1) is 0 Å². The minimum Gasteiger partial charge on any atom is -0.278 e. The Balaban J connectivity index is 2.86. The van der Waals surface area contributed by atoms with E-state index < -0.39 is 0 Å². The molecule has 2 heterocycles. The first-order chi connectivity index (χ1) is 4.86. The van der Waals surface area contributed by atoms with Crippen LogP contribution in [0.1, 0.15) is 0 Å². The van der Waals surface area contributed by atoms with Gasteiger partial charge in [0.2, 0.25) is 0 Å². The molecule has 0 aliphatic carbocycles. The van der Waals surface area contributed by atoms with Crippen molar-refractivity contribution >= 4 is 25.6 Å². The number of aromatic nitrogens is 3. The van der Waals surface area contributed by atoms with Gasteiger partial charge in [0.1, 0.15) is 0 Å². The van der Waals surface area contributed by atoms with E-state index in [0.717, 1.165) is 16.3 Å². The third-order valence-corrected chi connectivity index (χ3v) is 1.66. The Kier molecular flexibility index (Phi) is 1.18. The van der Waals surface area contributed by atoms with Gasteiger partial charge in [-0.3, -0.25) is 10.1 Å². The average molecular weight is 151 g/mol. The number of nitrogens with zero attached hydrogens (tertiary/aromatic N) is 2. The molecule has 1 N–H and O–H groups in total. The van der Waals surface area contributed by atoms with E-state index in [0.29, 0.717) is 0 Å². The number of hydrogen-bond donors (Lipinski definition) is 1. The van der Waals surface area contributed by atoms with Crippen LogP contribution in [-0.4, -0.2) is 15.2 Å². The molecule has 0 spiro atoms. The van der Waals surface area contributed by atoms with E-state index >= 15 is 0 Å². The molecule has 0 fully saturated rings. The summed E-state index contributed by atoms with van der Waals surface area (Å²) in [6.45, 7) is 0. The minimum atomic E-state index is 0.928. The van der Waals surface area contributed by atoms with Crippen molar-refractivity contribution in [2.24, 2.45) is 0 Å². The molecule has 10 heavy (non-hydrogen) atoms. The van der Waals surface area contributed by atoms with Crippen LogP contribution in [0.15, 0.2) is 18.5 Å². The maximum absolute atomic E-state index is 4.08. The topological polar surface area (TPSA) is 41.6 Å². The lowest BCUT2D eigenvalue weighted by Gasteiger charge is -1.88. The maximum atomic E-state index is 4.08. The summed E-state index contributed by atoms with van der Waals surface area (Å²) in [5.74, 6) is 0. The van der Waals surface area contributed by atoms with E-state index in [1.807, 2.05) is 6.07 Å². The predicted octanol–water partition coefficient (Wildman–Crippen LogP) is 0.458. The van der Waals surface area contributed by atoms with E-state index in [9.17, 15) is 0 Å². The van der Waals surface area contributed by atoms with Crippen molar-refractivity contribution in [2.75, 3.05) is 0 Å². The van der Waals surface area contributed by atoms with Crippen LogP contribution in [0, 0.1) is 0 Å². The molecule has 2 aromatic rings.